The molecular formula is C12H12Cl2N2S. The zero-order valence-corrected chi connectivity index (χ0v) is 11.9. The van der Waals surface area contributed by atoms with E-state index in [4.69, 9.17) is 23.2 Å². The first-order valence-corrected chi connectivity index (χ1v) is 6.74. The molecule has 0 amide bonds. The van der Waals surface area contributed by atoms with Gasteiger partial charge in [-0.1, -0.05) is 23.2 Å². The number of hydrogen-bond donors (Lipinski definition) is 1. The quantitative estimate of drug-likeness (QED) is 0.886. The maximum atomic E-state index is 6.17. The van der Waals surface area contributed by atoms with Crippen molar-refractivity contribution in [3.8, 4) is 0 Å². The molecule has 90 valence electrons. The van der Waals surface area contributed by atoms with Crippen LogP contribution >= 0.6 is 34.5 Å². The number of nitrogens with zero attached hydrogens (tertiary/aromatic N) is 1. The van der Waals surface area contributed by atoms with Gasteiger partial charge in [-0.2, -0.15) is 0 Å². The smallest absolute Gasteiger partial charge is 0.183 e. The molecule has 0 saturated carbocycles. The standard InChI is InChI=1S/C12H12Cl2N2S/c1-7-3-10(13)11(4-8(7)2)15-5-9-6-16-12(14)17-9/h3-4,6,15H,5H2,1-2H3. The largest absolute Gasteiger partial charge is 0.379 e. The normalized spacial score (nSPS) is 10.6. The van der Waals surface area contributed by atoms with E-state index in [1.807, 2.05) is 13.0 Å². The molecule has 1 aromatic heterocycles. The summed E-state index contributed by atoms with van der Waals surface area (Å²) in [6.07, 6.45) is 1.77. The second-order valence-electron chi connectivity index (χ2n) is 3.85. The van der Waals surface area contributed by atoms with Gasteiger partial charge in [0.1, 0.15) is 0 Å². The molecule has 1 heterocycles. The van der Waals surface area contributed by atoms with E-state index >= 15 is 0 Å². The van der Waals surface area contributed by atoms with E-state index in [9.17, 15) is 0 Å². The molecule has 0 fully saturated rings. The van der Waals surface area contributed by atoms with Crippen LogP contribution in [-0.2, 0) is 6.54 Å². The van der Waals surface area contributed by atoms with Crippen molar-refractivity contribution in [1.29, 1.82) is 0 Å². The van der Waals surface area contributed by atoms with E-state index in [-0.39, 0.29) is 0 Å². The summed E-state index contributed by atoms with van der Waals surface area (Å²) in [5, 5.41) is 4.03. The van der Waals surface area contributed by atoms with Crippen molar-refractivity contribution in [2.24, 2.45) is 0 Å². The molecule has 0 radical (unpaired) electrons. The van der Waals surface area contributed by atoms with Gasteiger partial charge in [0, 0.05) is 11.1 Å². The van der Waals surface area contributed by atoms with Crippen LogP contribution in [0.4, 0.5) is 5.69 Å². The Morgan fingerprint density at radius 3 is 2.59 bits per heavy atom. The molecule has 1 N–H and O–H groups in total. The van der Waals surface area contributed by atoms with Crippen molar-refractivity contribution in [2.75, 3.05) is 5.32 Å². The first-order chi connectivity index (χ1) is 8.06. The van der Waals surface area contributed by atoms with E-state index in [1.165, 1.54) is 22.5 Å². The molecule has 0 saturated heterocycles. The van der Waals surface area contributed by atoms with Crippen molar-refractivity contribution in [2.45, 2.75) is 20.4 Å². The van der Waals surface area contributed by atoms with Gasteiger partial charge in [0.05, 0.1) is 17.3 Å². The highest BCUT2D eigenvalue weighted by atomic mass is 35.5. The lowest BCUT2D eigenvalue weighted by molar-refractivity contribution is 1.17. The summed E-state index contributed by atoms with van der Waals surface area (Å²) < 4.78 is 0.563. The van der Waals surface area contributed by atoms with Crippen LogP contribution in [0.2, 0.25) is 9.49 Å². The van der Waals surface area contributed by atoms with Gasteiger partial charge in [0.2, 0.25) is 0 Å². The van der Waals surface area contributed by atoms with E-state index in [1.54, 1.807) is 6.20 Å². The molecular weight excluding hydrogens is 275 g/mol. The molecule has 2 rings (SSSR count). The van der Waals surface area contributed by atoms with Crippen LogP contribution in [0, 0.1) is 13.8 Å². The van der Waals surface area contributed by atoms with Crippen molar-refractivity contribution in [3.63, 3.8) is 0 Å². The van der Waals surface area contributed by atoms with Gasteiger partial charge in [-0.05, 0) is 37.1 Å². The van der Waals surface area contributed by atoms with Crippen LogP contribution in [0.5, 0.6) is 0 Å². The summed E-state index contributed by atoms with van der Waals surface area (Å²) in [4.78, 5) is 5.08. The molecule has 0 spiro atoms. The summed E-state index contributed by atoms with van der Waals surface area (Å²) >= 11 is 13.4. The number of nitrogens with one attached hydrogen (secondary N) is 1. The molecule has 2 nitrogen and oxygen atoms in total. The molecule has 2 aromatic rings. The third-order valence-corrected chi connectivity index (χ3v) is 3.99. The Morgan fingerprint density at radius 2 is 1.94 bits per heavy atom. The number of anilines is 1. The van der Waals surface area contributed by atoms with E-state index in [2.05, 4.69) is 23.3 Å². The Labute approximate surface area is 115 Å². The van der Waals surface area contributed by atoms with Gasteiger partial charge < -0.3 is 5.32 Å². The predicted octanol–water partition coefficient (Wildman–Crippen LogP) is 4.68. The van der Waals surface area contributed by atoms with Crippen molar-refractivity contribution < 1.29 is 0 Å². The fraction of sp³-hybridized carbons (Fsp3) is 0.250. The Hall–Kier alpha value is -0.770. The number of aromatic nitrogens is 1. The Balaban J connectivity index is 2.11. The molecule has 0 unspecified atom stereocenters. The Bertz CT molecular complexity index is 537. The van der Waals surface area contributed by atoms with Gasteiger partial charge in [-0.15, -0.1) is 11.3 Å². The fourth-order valence-corrected chi connectivity index (χ4v) is 2.67. The average Bonchev–Trinajstić information content (AvgIpc) is 2.68. The van der Waals surface area contributed by atoms with Crippen LogP contribution in [0.1, 0.15) is 16.0 Å². The first-order valence-electron chi connectivity index (χ1n) is 5.17. The van der Waals surface area contributed by atoms with E-state index in [0.717, 1.165) is 15.6 Å². The number of rotatable bonds is 3. The second-order valence-corrected chi connectivity index (χ2v) is 5.95. The number of benzene rings is 1. The molecule has 0 aliphatic carbocycles. The maximum absolute atomic E-state index is 6.17. The lowest BCUT2D eigenvalue weighted by atomic mass is 10.1. The van der Waals surface area contributed by atoms with Crippen LogP contribution in [0.15, 0.2) is 18.3 Å². The minimum atomic E-state index is 0.563. The van der Waals surface area contributed by atoms with Crippen LogP contribution in [0.25, 0.3) is 0 Å². The average molecular weight is 287 g/mol. The minimum Gasteiger partial charge on any atom is -0.379 e. The summed E-state index contributed by atoms with van der Waals surface area (Å²) in [5.74, 6) is 0. The highest BCUT2D eigenvalue weighted by molar-refractivity contribution is 7.15. The highest BCUT2D eigenvalue weighted by Crippen LogP contribution is 2.27. The molecule has 17 heavy (non-hydrogen) atoms. The second kappa shape index (κ2) is 5.25. The van der Waals surface area contributed by atoms with Gasteiger partial charge in [-0.3, -0.25) is 0 Å². The van der Waals surface area contributed by atoms with E-state index in [0.29, 0.717) is 11.0 Å². The third kappa shape index (κ3) is 3.12. The Morgan fingerprint density at radius 1 is 1.24 bits per heavy atom. The van der Waals surface area contributed by atoms with Crippen LogP contribution < -0.4 is 5.32 Å². The van der Waals surface area contributed by atoms with E-state index < -0.39 is 0 Å². The molecule has 0 atom stereocenters. The van der Waals surface area contributed by atoms with Gasteiger partial charge in [-0.25, -0.2) is 4.98 Å². The molecule has 0 aliphatic rings. The molecule has 5 heteroatoms. The van der Waals surface area contributed by atoms with Gasteiger partial charge in [0.15, 0.2) is 4.47 Å². The number of hydrogen-bond acceptors (Lipinski definition) is 3. The summed E-state index contributed by atoms with van der Waals surface area (Å²) in [6.45, 7) is 4.81. The number of thiazole rings is 1. The summed E-state index contributed by atoms with van der Waals surface area (Å²) in [5.41, 5.74) is 3.36. The molecule has 0 aliphatic heterocycles. The van der Waals surface area contributed by atoms with Crippen molar-refractivity contribution in [1.82, 2.24) is 4.98 Å². The zero-order chi connectivity index (χ0) is 12.4. The third-order valence-electron chi connectivity index (χ3n) is 2.56. The van der Waals surface area contributed by atoms with Gasteiger partial charge >= 0.3 is 0 Å². The lowest BCUT2D eigenvalue weighted by Gasteiger charge is -2.10. The lowest BCUT2D eigenvalue weighted by Crippen LogP contribution is -1.99. The number of aryl methyl sites for hydroxylation is 2. The monoisotopic (exact) mass is 286 g/mol. The minimum absolute atomic E-state index is 0.563. The predicted molar refractivity (Wildman–Crippen MR) is 75.4 cm³/mol. The summed E-state index contributed by atoms with van der Waals surface area (Å²) in [6, 6.07) is 4.03. The SMILES string of the molecule is Cc1cc(Cl)c(NCc2cnc(Cl)s2)cc1C. The summed E-state index contributed by atoms with van der Waals surface area (Å²) in [7, 11) is 0. The first kappa shape index (κ1) is 12.7. The zero-order valence-electron chi connectivity index (χ0n) is 9.55. The highest BCUT2D eigenvalue weighted by Gasteiger charge is 2.04. The van der Waals surface area contributed by atoms with Crippen molar-refractivity contribution >= 4 is 40.2 Å². The molecule has 1 aromatic carbocycles. The maximum Gasteiger partial charge on any atom is 0.183 e. The van der Waals surface area contributed by atoms with Crippen molar-refractivity contribution in [3.05, 3.63) is 43.8 Å². The molecule has 0 bridgehead atoms. The topological polar surface area (TPSA) is 24.9 Å². The van der Waals surface area contributed by atoms with Crippen LogP contribution in [0.3, 0.4) is 0 Å². The number of halogens is 2. The fourth-order valence-electron chi connectivity index (χ4n) is 1.46. The van der Waals surface area contributed by atoms with Crippen LogP contribution in [-0.4, -0.2) is 4.98 Å². The van der Waals surface area contributed by atoms with Gasteiger partial charge in [0.25, 0.3) is 0 Å². The Kier molecular flexibility index (Phi) is 3.92.